The number of carbonyl (C=O) groups excluding carboxylic acids is 1. The average molecular weight is 306 g/mol. The molecule has 0 bridgehead atoms. The Morgan fingerprint density at radius 1 is 1.52 bits per heavy atom. The Labute approximate surface area is 127 Å². The molecule has 6 nitrogen and oxygen atoms in total. The lowest BCUT2D eigenvalue weighted by Crippen LogP contribution is -2.32. The van der Waals surface area contributed by atoms with Crippen molar-refractivity contribution in [1.82, 2.24) is 20.1 Å². The number of nitrogens with zero attached hydrogens (tertiary/aromatic N) is 3. The molecule has 3 rings (SSSR count). The summed E-state index contributed by atoms with van der Waals surface area (Å²) in [5.41, 5.74) is 0.923. The van der Waals surface area contributed by atoms with Gasteiger partial charge in [-0.25, -0.2) is 0 Å². The van der Waals surface area contributed by atoms with E-state index < -0.39 is 0 Å². The van der Waals surface area contributed by atoms with E-state index in [9.17, 15) is 4.79 Å². The van der Waals surface area contributed by atoms with E-state index in [1.807, 2.05) is 31.5 Å². The number of nitrogens with one attached hydrogen (secondary N) is 1. The molecule has 1 atom stereocenters. The van der Waals surface area contributed by atoms with Crippen LogP contribution in [0.15, 0.2) is 21.9 Å². The van der Waals surface area contributed by atoms with Gasteiger partial charge in [0.2, 0.25) is 5.91 Å². The number of carbonyl (C=O) groups is 1. The van der Waals surface area contributed by atoms with Gasteiger partial charge in [0, 0.05) is 13.1 Å². The van der Waals surface area contributed by atoms with Gasteiger partial charge >= 0.3 is 0 Å². The minimum Gasteiger partial charge on any atom is -0.469 e. The van der Waals surface area contributed by atoms with Crippen molar-refractivity contribution in [2.75, 3.05) is 0 Å². The number of amides is 1. The van der Waals surface area contributed by atoms with Crippen LogP contribution in [-0.4, -0.2) is 32.0 Å². The Hall–Kier alpha value is -1.76. The highest BCUT2D eigenvalue weighted by Crippen LogP contribution is 2.28. The summed E-state index contributed by atoms with van der Waals surface area (Å²) in [7, 11) is 1.90. The molecular formula is C14H18N4O2S. The van der Waals surface area contributed by atoms with E-state index in [0.717, 1.165) is 35.1 Å². The van der Waals surface area contributed by atoms with Crippen LogP contribution in [0.1, 0.15) is 25.5 Å². The molecule has 0 aliphatic heterocycles. The highest BCUT2D eigenvalue weighted by atomic mass is 32.2. The minimum absolute atomic E-state index is 0.0616. The van der Waals surface area contributed by atoms with Gasteiger partial charge in [0.15, 0.2) is 11.0 Å². The first-order valence-electron chi connectivity index (χ1n) is 6.97. The molecule has 21 heavy (non-hydrogen) atoms. The lowest BCUT2D eigenvalue weighted by Gasteiger charge is -2.10. The molecule has 1 amide bonds. The third-order valence-corrected chi connectivity index (χ3v) is 4.64. The van der Waals surface area contributed by atoms with Gasteiger partial charge in [-0.05, 0) is 32.8 Å². The van der Waals surface area contributed by atoms with E-state index in [4.69, 9.17) is 4.42 Å². The Morgan fingerprint density at radius 2 is 2.29 bits per heavy atom. The molecule has 1 N–H and O–H groups in total. The summed E-state index contributed by atoms with van der Waals surface area (Å²) >= 11 is 1.42. The Bertz CT molecular complexity index is 660. The van der Waals surface area contributed by atoms with Crippen molar-refractivity contribution in [3.05, 3.63) is 18.1 Å². The first kappa shape index (κ1) is 14.2. The van der Waals surface area contributed by atoms with E-state index in [1.54, 1.807) is 6.26 Å². The first-order chi connectivity index (χ1) is 10.1. The molecule has 0 aromatic carbocycles. The molecule has 112 valence electrons. The number of thioether (sulfide) groups is 1. The van der Waals surface area contributed by atoms with Crippen LogP contribution in [0.4, 0.5) is 0 Å². The highest BCUT2D eigenvalue weighted by molar-refractivity contribution is 8.00. The summed E-state index contributed by atoms with van der Waals surface area (Å²) in [6.07, 6.45) is 3.83. The van der Waals surface area contributed by atoms with Crippen LogP contribution in [0, 0.1) is 6.92 Å². The summed E-state index contributed by atoms with van der Waals surface area (Å²) in [5, 5.41) is 11.9. The van der Waals surface area contributed by atoms with Crippen LogP contribution in [0.3, 0.4) is 0 Å². The third-order valence-electron chi connectivity index (χ3n) is 3.51. The smallest absolute Gasteiger partial charge is 0.233 e. The maximum atomic E-state index is 12.0. The van der Waals surface area contributed by atoms with Gasteiger partial charge in [0.1, 0.15) is 5.76 Å². The van der Waals surface area contributed by atoms with Crippen LogP contribution in [-0.2, 0) is 11.8 Å². The SMILES string of the molecule is Cc1occc1-c1nnc(S[C@H](C)C(=O)NC2CC2)n1C. The average Bonchev–Trinajstić information content (AvgIpc) is 3.06. The zero-order chi connectivity index (χ0) is 15.0. The zero-order valence-corrected chi connectivity index (χ0v) is 13.1. The van der Waals surface area contributed by atoms with Gasteiger partial charge in [-0.2, -0.15) is 0 Å². The molecule has 2 heterocycles. The van der Waals surface area contributed by atoms with Crippen molar-refractivity contribution in [2.45, 2.75) is 43.1 Å². The minimum atomic E-state index is -0.188. The lowest BCUT2D eigenvalue weighted by molar-refractivity contribution is -0.120. The van der Waals surface area contributed by atoms with E-state index >= 15 is 0 Å². The Balaban J connectivity index is 1.73. The normalized spacial score (nSPS) is 16.0. The van der Waals surface area contributed by atoms with Gasteiger partial charge < -0.3 is 14.3 Å². The van der Waals surface area contributed by atoms with Gasteiger partial charge in [0.25, 0.3) is 0 Å². The summed E-state index contributed by atoms with van der Waals surface area (Å²) in [6.45, 7) is 3.78. The van der Waals surface area contributed by atoms with Crippen molar-refractivity contribution >= 4 is 17.7 Å². The number of hydrogen-bond acceptors (Lipinski definition) is 5. The van der Waals surface area contributed by atoms with Crippen LogP contribution in [0.2, 0.25) is 0 Å². The molecule has 2 aromatic heterocycles. The van der Waals surface area contributed by atoms with Crippen LogP contribution in [0.5, 0.6) is 0 Å². The predicted octanol–water partition coefficient (Wildman–Crippen LogP) is 2.14. The number of aryl methyl sites for hydroxylation is 1. The maximum Gasteiger partial charge on any atom is 0.233 e. The standard InChI is InChI=1S/C14H18N4O2S/c1-8-11(6-7-20-8)12-16-17-14(18(12)3)21-9(2)13(19)15-10-4-5-10/h6-7,9-10H,4-5H2,1-3H3,(H,15,19)/t9-/m1/s1. The first-order valence-corrected chi connectivity index (χ1v) is 7.85. The number of rotatable bonds is 5. The van der Waals surface area contributed by atoms with Crippen LogP contribution in [0.25, 0.3) is 11.4 Å². The Kier molecular flexibility index (Phi) is 3.75. The van der Waals surface area contributed by atoms with Crippen molar-refractivity contribution in [3.63, 3.8) is 0 Å². The maximum absolute atomic E-state index is 12.0. The summed E-state index contributed by atoms with van der Waals surface area (Å²) in [6, 6.07) is 2.25. The van der Waals surface area contributed by atoms with E-state index in [2.05, 4.69) is 15.5 Å². The van der Waals surface area contributed by atoms with Crippen molar-refractivity contribution in [3.8, 4) is 11.4 Å². The molecule has 1 aliphatic carbocycles. The second-order valence-electron chi connectivity index (χ2n) is 5.30. The number of hydrogen-bond donors (Lipinski definition) is 1. The van der Waals surface area contributed by atoms with Gasteiger partial charge in [0.05, 0.1) is 17.1 Å². The predicted molar refractivity (Wildman–Crippen MR) is 79.9 cm³/mol. The molecule has 7 heteroatoms. The number of aromatic nitrogens is 3. The second kappa shape index (κ2) is 5.55. The fraction of sp³-hybridized carbons (Fsp3) is 0.500. The van der Waals surface area contributed by atoms with Gasteiger partial charge in [-0.1, -0.05) is 11.8 Å². The third kappa shape index (κ3) is 2.97. The van der Waals surface area contributed by atoms with E-state index in [0.29, 0.717) is 6.04 Å². The molecule has 2 aromatic rings. The van der Waals surface area contributed by atoms with Gasteiger partial charge in [-0.3, -0.25) is 4.79 Å². The molecule has 1 saturated carbocycles. The fourth-order valence-electron chi connectivity index (χ4n) is 2.03. The fourth-order valence-corrected chi connectivity index (χ4v) is 2.85. The highest BCUT2D eigenvalue weighted by Gasteiger charge is 2.27. The van der Waals surface area contributed by atoms with Crippen LogP contribution >= 0.6 is 11.8 Å². The van der Waals surface area contributed by atoms with E-state index in [1.165, 1.54) is 11.8 Å². The summed E-state index contributed by atoms with van der Waals surface area (Å²) in [5.74, 6) is 1.62. The quantitative estimate of drug-likeness (QED) is 0.857. The molecule has 0 saturated heterocycles. The van der Waals surface area contributed by atoms with Crippen molar-refractivity contribution < 1.29 is 9.21 Å². The number of furan rings is 1. The van der Waals surface area contributed by atoms with E-state index in [-0.39, 0.29) is 11.2 Å². The largest absolute Gasteiger partial charge is 0.469 e. The van der Waals surface area contributed by atoms with Gasteiger partial charge in [-0.15, -0.1) is 10.2 Å². The second-order valence-corrected chi connectivity index (χ2v) is 6.61. The molecule has 0 unspecified atom stereocenters. The zero-order valence-electron chi connectivity index (χ0n) is 12.3. The molecule has 0 spiro atoms. The topological polar surface area (TPSA) is 72.9 Å². The summed E-state index contributed by atoms with van der Waals surface area (Å²) < 4.78 is 7.19. The van der Waals surface area contributed by atoms with Crippen molar-refractivity contribution in [2.24, 2.45) is 7.05 Å². The molecule has 0 radical (unpaired) electrons. The molecular weight excluding hydrogens is 288 g/mol. The molecule has 1 fully saturated rings. The Morgan fingerprint density at radius 3 is 2.90 bits per heavy atom. The summed E-state index contributed by atoms with van der Waals surface area (Å²) in [4.78, 5) is 12.0. The molecule has 1 aliphatic rings. The van der Waals surface area contributed by atoms with Crippen molar-refractivity contribution in [1.29, 1.82) is 0 Å². The monoisotopic (exact) mass is 306 g/mol. The van der Waals surface area contributed by atoms with Crippen LogP contribution < -0.4 is 5.32 Å². The lowest BCUT2D eigenvalue weighted by atomic mass is 10.2.